The smallest absolute Gasteiger partial charge is 0.276 e. The van der Waals surface area contributed by atoms with Crippen molar-refractivity contribution in [1.82, 2.24) is 57.8 Å². The highest BCUT2D eigenvalue weighted by Gasteiger charge is 2.25. The fourth-order valence-electron chi connectivity index (χ4n) is 10.4. The number of aryl methyl sites for hydroxylation is 4. The molecule has 0 saturated heterocycles. The minimum atomic E-state index is -0.664. The maximum atomic E-state index is 13.6. The second-order valence-electron chi connectivity index (χ2n) is 21.0. The Balaban J connectivity index is 0.000000239. The van der Waals surface area contributed by atoms with Gasteiger partial charge in [0, 0.05) is 61.5 Å². The molecule has 0 unspecified atom stereocenters. The monoisotopic (exact) mass is 1260 g/mol. The molecule has 0 atom stereocenters. The van der Waals surface area contributed by atoms with E-state index in [1.807, 2.05) is 52.0 Å². The SMILES string of the molecule is CCCOc1cc(C(N)=O)cc2nc(N)n(C/C=C/Cn3c(N)nc4cc(C(N)=O)cc(OC)c43)c12.CCCOc1cc(C(N)=O)cc2nc(NC(=O)c3cc(C)nn3CC)n(C/C=C/Cn3c(NC(=O)c4cc(C)nn4CC)nc4cc(C(N)=O)cc(OC)c43)c12. The third kappa shape index (κ3) is 13.5. The molecule has 6 heterocycles. The number of nitrogens with two attached hydrogens (primary N) is 6. The van der Waals surface area contributed by atoms with E-state index in [0.717, 1.165) is 6.42 Å². The molecular weight excluding hydrogens is 1180 g/mol. The quantitative estimate of drug-likeness (QED) is 0.0288. The van der Waals surface area contributed by atoms with Crippen LogP contribution in [0.25, 0.3) is 44.1 Å². The molecule has 92 heavy (non-hydrogen) atoms. The molecule has 0 fully saturated rings. The molecule has 4 aromatic carbocycles. The zero-order chi connectivity index (χ0) is 66.2. The molecular formula is C62H72N20O10. The number of hydrogen-bond acceptors (Lipinski definition) is 18. The molecule has 10 aromatic rings. The standard InChI is InChI=1S/C38H44N12O6.C24H28N8O4/c1-7-14-56-30-20-24(34(40)52)18-26-32(30)48(38(42-26)44-36(54)28-16-22(5)46-50(28)9-3)13-11-10-12-47-31-25(17-23(33(39)51)19-29(31)55-6)41-37(47)43-35(53)27-15-21(4)45-49(27)8-2;1-3-8-36-18-12-14(22(26)34)10-16-20(18)32(24(28)30-16)7-5-4-6-31-19-15(29-23(31)27)9-13(21(25)33)11-17(19)35-2/h10-11,15-20H,7-9,12-14H2,1-6H3,(H2,39,51)(H2,40,52)(H,41,43,53)(H,42,44,54);4-5,9-12H,3,6-8H2,1-2H3,(H2,25,33)(H2,26,34)(H2,27,29)(H2,28,30)/b11-10+;5-4+. The summed E-state index contributed by atoms with van der Waals surface area (Å²) in [4.78, 5) is 93.2. The predicted octanol–water partition coefficient (Wildman–Crippen LogP) is 5.99. The Labute approximate surface area is 526 Å². The number of anilines is 4. The van der Waals surface area contributed by atoms with Crippen molar-refractivity contribution in [3.05, 3.63) is 130 Å². The number of ether oxygens (including phenoxy) is 4. The highest BCUT2D eigenvalue weighted by Crippen LogP contribution is 2.35. The molecule has 0 bridgehead atoms. The number of imidazole rings is 4. The largest absolute Gasteiger partial charge is 0.494 e. The summed E-state index contributed by atoms with van der Waals surface area (Å²) in [5.74, 6) is -0.797. The molecule has 6 aromatic heterocycles. The fraction of sp³-hybridized carbons (Fsp3) is 0.290. The normalized spacial score (nSPS) is 11.5. The Morgan fingerprint density at radius 3 is 1.08 bits per heavy atom. The molecule has 0 aliphatic heterocycles. The van der Waals surface area contributed by atoms with E-state index in [2.05, 4.69) is 35.8 Å². The van der Waals surface area contributed by atoms with Crippen LogP contribution in [0.2, 0.25) is 0 Å². The van der Waals surface area contributed by atoms with Gasteiger partial charge in [-0.3, -0.25) is 48.8 Å². The number of carbonyl (C=O) groups excluding carboxylic acids is 6. The van der Waals surface area contributed by atoms with Gasteiger partial charge in [0.05, 0.1) is 60.9 Å². The van der Waals surface area contributed by atoms with Gasteiger partial charge in [-0.25, -0.2) is 19.9 Å². The lowest BCUT2D eigenvalue weighted by Crippen LogP contribution is -2.20. The maximum absolute atomic E-state index is 13.6. The van der Waals surface area contributed by atoms with E-state index < -0.39 is 35.4 Å². The third-order valence-corrected chi connectivity index (χ3v) is 14.6. The summed E-state index contributed by atoms with van der Waals surface area (Å²) in [7, 11) is 2.96. The van der Waals surface area contributed by atoms with Gasteiger partial charge < -0.3 is 71.6 Å². The number of methoxy groups -OCH3 is 2. The van der Waals surface area contributed by atoms with Crippen LogP contribution in [-0.2, 0) is 39.3 Å². The number of carbonyl (C=O) groups is 6. The van der Waals surface area contributed by atoms with Crippen LogP contribution in [0, 0.1) is 13.8 Å². The molecule has 30 heteroatoms. The number of benzene rings is 4. The Bertz CT molecular complexity index is 4580. The number of nitrogens with zero attached hydrogens (tertiary/aromatic N) is 12. The van der Waals surface area contributed by atoms with E-state index in [4.69, 9.17) is 58.3 Å². The van der Waals surface area contributed by atoms with E-state index in [1.54, 1.807) is 90.0 Å². The molecule has 0 spiro atoms. The number of allylic oxidation sites excluding steroid dienone is 4. The molecule has 6 amide bonds. The van der Waals surface area contributed by atoms with Crippen LogP contribution in [0.5, 0.6) is 23.0 Å². The molecule has 0 aliphatic rings. The second-order valence-corrected chi connectivity index (χ2v) is 21.0. The zero-order valence-electron chi connectivity index (χ0n) is 52.1. The number of hydrogen-bond donors (Lipinski definition) is 8. The Morgan fingerprint density at radius 2 is 0.750 bits per heavy atom. The first-order chi connectivity index (χ1) is 44.1. The summed E-state index contributed by atoms with van der Waals surface area (Å²) in [5, 5.41) is 14.6. The van der Waals surface area contributed by atoms with Gasteiger partial charge in [-0.2, -0.15) is 10.2 Å². The predicted molar refractivity (Wildman–Crippen MR) is 346 cm³/mol. The lowest BCUT2D eigenvalue weighted by Gasteiger charge is -2.13. The lowest BCUT2D eigenvalue weighted by atomic mass is 10.1. The minimum Gasteiger partial charge on any atom is -0.494 e. The molecule has 0 radical (unpaired) electrons. The number of nitrogen functional groups attached to an aromatic ring is 2. The summed E-state index contributed by atoms with van der Waals surface area (Å²) in [6.07, 6.45) is 8.97. The Hall–Kier alpha value is -11.7. The van der Waals surface area contributed by atoms with Gasteiger partial charge in [-0.05, 0) is 101 Å². The van der Waals surface area contributed by atoms with Crippen LogP contribution in [0.4, 0.5) is 23.8 Å². The van der Waals surface area contributed by atoms with Crippen LogP contribution < -0.4 is 64.0 Å². The van der Waals surface area contributed by atoms with Crippen LogP contribution >= 0.6 is 0 Å². The van der Waals surface area contributed by atoms with Crippen molar-refractivity contribution >= 4 is 103 Å². The molecule has 10 rings (SSSR count). The van der Waals surface area contributed by atoms with E-state index in [1.165, 1.54) is 26.4 Å². The minimum absolute atomic E-state index is 0.179. The molecule has 480 valence electrons. The number of nitrogens with one attached hydrogen (secondary N) is 2. The van der Waals surface area contributed by atoms with Gasteiger partial charge in [0.15, 0.2) is 0 Å². The van der Waals surface area contributed by atoms with Gasteiger partial charge in [0.1, 0.15) is 56.5 Å². The summed E-state index contributed by atoms with van der Waals surface area (Å²) in [6, 6.07) is 15.9. The summed E-state index contributed by atoms with van der Waals surface area (Å²) in [5.41, 5.74) is 41.7. The van der Waals surface area contributed by atoms with Crippen molar-refractivity contribution < 1.29 is 47.7 Å². The van der Waals surface area contributed by atoms with Gasteiger partial charge in [-0.1, -0.05) is 38.2 Å². The molecule has 0 saturated carbocycles. The van der Waals surface area contributed by atoms with Gasteiger partial charge in [0.25, 0.3) is 11.8 Å². The fourth-order valence-corrected chi connectivity index (χ4v) is 10.4. The van der Waals surface area contributed by atoms with E-state index >= 15 is 0 Å². The summed E-state index contributed by atoms with van der Waals surface area (Å²) >= 11 is 0. The average molecular weight is 1260 g/mol. The number of aromatic nitrogens is 12. The zero-order valence-corrected chi connectivity index (χ0v) is 52.1. The van der Waals surface area contributed by atoms with Crippen molar-refractivity contribution in [2.24, 2.45) is 22.9 Å². The average Bonchev–Trinajstić information content (AvgIpc) is 1.66. The van der Waals surface area contributed by atoms with Crippen molar-refractivity contribution in [2.75, 3.05) is 49.5 Å². The molecule has 30 nitrogen and oxygen atoms in total. The van der Waals surface area contributed by atoms with E-state index in [-0.39, 0.29) is 53.6 Å². The lowest BCUT2D eigenvalue weighted by molar-refractivity contribution is 0.0991. The van der Waals surface area contributed by atoms with Crippen molar-refractivity contribution in [3.63, 3.8) is 0 Å². The van der Waals surface area contributed by atoms with Crippen molar-refractivity contribution in [1.29, 1.82) is 0 Å². The van der Waals surface area contributed by atoms with Crippen LogP contribution in [0.1, 0.15) is 114 Å². The topological polar surface area (TPSA) is 426 Å². The number of amides is 6. The van der Waals surface area contributed by atoms with Gasteiger partial charge in [-0.15, -0.1) is 0 Å². The van der Waals surface area contributed by atoms with Crippen molar-refractivity contribution in [3.8, 4) is 23.0 Å². The van der Waals surface area contributed by atoms with Crippen molar-refractivity contribution in [2.45, 2.75) is 93.7 Å². The van der Waals surface area contributed by atoms with Crippen LogP contribution in [-0.4, -0.2) is 121 Å². The second kappa shape index (κ2) is 27.8. The number of fused-ring (bicyclic) bond motifs is 4. The highest BCUT2D eigenvalue weighted by atomic mass is 16.5. The summed E-state index contributed by atoms with van der Waals surface area (Å²) in [6.45, 7) is 14.2. The maximum Gasteiger partial charge on any atom is 0.276 e. The Morgan fingerprint density at radius 1 is 0.446 bits per heavy atom. The number of primary amides is 4. The van der Waals surface area contributed by atoms with Crippen LogP contribution in [0.15, 0.2) is 85.0 Å². The first-order valence-corrected chi connectivity index (χ1v) is 29.3. The van der Waals surface area contributed by atoms with Crippen LogP contribution in [0.3, 0.4) is 0 Å². The molecule has 0 aliphatic carbocycles. The van der Waals surface area contributed by atoms with E-state index in [0.29, 0.717) is 141 Å². The molecule has 14 N–H and O–H groups in total. The third-order valence-electron chi connectivity index (χ3n) is 14.6. The Kier molecular flexibility index (Phi) is 19.5. The number of rotatable bonds is 26. The first kappa shape index (κ1) is 64.7. The van der Waals surface area contributed by atoms with Gasteiger partial charge in [0.2, 0.25) is 47.4 Å². The first-order valence-electron chi connectivity index (χ1n) is 29.3. The van der Waals surface area contributed by atoms with Gasteiger partial charge >= 0.3 is 0 Å². The summed E-state index contributed by atoms with van der Waals surface area (Å²) < 4.78 is 33.3. The highest BCUT2D eigenvalue weighted by molar-refractivity contribution is 6.06. The van der Waals surface area contributed by atoms with E-state index in [9.17, 15) is 28.8 Å².